The Morgan fingerprint density at radius 3 is 2.30 bits per heavy atom. The predicted molar refractivity (Wildman–Crippen MR) is 120 cm³/mol. The molecule has 2 aromatic rings. The van der Waals surface area contributed by atoms with Gasteiger partial charge in [0.25, 0.3) is 5.91 Å². The van der Waals surface area contributed by atoms with Gasteiger partial charge in [-0.3, -0.25) is 14.4 Å². The number of nitrogens with one attached hydrogen (secondary N) is 1. The molecule has 0 saturated carbocycles. The Morgan fingerprint density at radius 1 is 0.970 bits per heavy atom. The second-order valence-corrected chi connectivity index (χ2v) is 7.29. The van der Waals surface area contributed by atoms with Crippen LogP contribution in [0.15, 0.2) is 48.5 Å². The molecule has 1 N–H and O–H groups in total. The van der Waals surface area contributed by atoms with E-state index in [0.29, 0.717) is 29.3 Å². The Bertz CT molecular complexity index is 1000. The lowest BCUT2D eigenvalue weighted by molar-refractivity contribution is -0.151. The first kappa shape index (κ1) is 23.8. The molecule has 0 aliphatic carbocycles. The standard InChI is InChI=1S/C24H26N2O7/c1-3-31-20-11-9-19(10-12-20)26-14-17(13-22(26)28)24(30)33-15-21(27)25-18-7-5-16(6-8-18)23(29)32-4-2/h5-12,17H,3-4,13-15H2,1-2H3,(H,25,27)/t17-/m0/s1. The van der Waals surface area contributed by atoms with E-state index in [9.17, 15) is 19.2 Å². The summed E-state index contributed by atoms with van der Waals surface area (Å²) in [7, 11) is 0. The highest BCUT2D eigenvalue weighted by molar-refractivity contribution is 6.00. The molecule has 2 aromatic carbocycles. The molecular weight excluding hydrogens is 428 g/mol. The minimum atomic E-state index is -0.652. The topological polar surface area (TPSA) is 111 Å². The summed E-state index contributed by atoms with van der Waals surface area (Å²) in [6.45, 7) is 4.12. The van der Waals surface area contributed by atoms with Crippen LogP contribution in [0.5, 0.6) is 5.75 Å². The fraction of sp³-hybridized carbons (Fsp3) is 0.333. The molecule has 9 heteroatoms. The third kappa shape index (κ3) is 6.31. The third-order valence-electron chi connectivity index (χ3n) is 4.94. The van der Waals surface area contributed by atoms with Gasteiger partial charge in [0.2, 0.25) is 5.91 Å². The molecular formula is C24H26N2O7. The average Bonchev–Trinajstić information content (AvgIpc) is 3.20. The number of carbonyl (C=O) groups is 4. The monoisotopic (exact) mass is 454 g/mol. The van der Waals surface area contributed by atoms with Crippen LogP contribution < -0.4 is 15.0 Å². The van der Waals surface area contributed by atoms with Crippen LogP contribution in [0, 0.1) is 5.92 Å². The first-order chi connectivity index (χ1) is 15.9. The fourth-order valence-electron chi connectivity index (χ4n) is 3.36. The lowest BCUT2D eigenvalue weighted by Crippen LogP contribution is -2.28. The Morgan fingerprint density at radius 2 is 1.67 bits per heavy atom. The number of esters is 2. The summed E-state index contributed by atoms with van der Waals surface area (Å²) in [6.07, 6.45) is 0.0169. The van der Waals surface area contributed by atoms with Gasteiger partial charge in [-0.15, -0.1) is 0 Å². The van der Waals surface area contributed by atoms with Crippen LogP contribution in [-0.4, -0.2) is 50.1 Å². The highest BCUT2D eigenvalue weighted by Crippen LogP contribution is 2.27. The van der Waals surface area contributed by atoms with Crippen molar-refractivity contribution in [1.82, 2.24) is 0 Å². The van der Waals surface area contributed by atoms with Crippen molar-refractivity contribution in [1.29, 1.82) is 0 Å². The van der Waals surface area contributed by atoms with Crippen molar-refractivity contribution >= 4 is 35.1 Å². The molecule has 1 heterocycles. The van der Waals surface area contributed by atoms with Gasteiger partial charge in [0.05, 0.1) is 24.7 Å². The Kier molecular flexibility index (Phi) is 8.01. The van der Waals surface area contributed by atoms with Crippen LogP contribution in [0.2, 0.25) is 0 Å². The number of rotatable bonds is 9. The maximum Gasteiger partial charge on any atom is 0.338 e. The highest BCUT2D eigenvalue weighted by Gasteiger charge is 2.36. The number of carbonyl (C=O) groups excluding carboxylic acids is 4. The van der Waals surface area contributed by atoms with E-state index < -0.39 is 30.4 Å². The molecule has 0 aromatic heterocycles. The fourth-order valence-corrected chi connectivity index (χ4v) is 3.36. The minimum Gasteiger partial charge on any atom is -0.494 e. The molecule has 33 heavy (non-hydrogen) atoms. The van der Waals surface area contributed by atoms with Gasteiger partial charge in [-0.25, -0.2) is 4.79 Å². The third-order valence-corrected chi connectivity index (χ3v) is 4.94. The van der Waals surface area contributed by atoms with Crippen LogP contribution in [0.4, 0.5) is 11.4 Å². The zero-order chi connectivity index (χ0) is 23.8. The summed E-state index contributed by atoms with van der Waals surface area (Å²) >= 11 is 0. The van der Waals surface area contributed by atoms with Crippen LogP contribution in [0.3, 0.4) is 0 Å². The van der Waals surface area contributed by atoms with Gasteiger partial charge >= 0.3 is 11.9 Å². The van der Waals surface area contributed by atoms with Gasteiger partial charge in [-0.05, 0) is 62.4 Å². The quantitative estimate of drug-likeness (QED) is 0.580. The van der Waals surface area contributed by atoms with Crippen molar-refractivity contribution in [3.8, 4) is 5.75 Å². The molecule has 0 spiro atoms. The number of hydrogen-bond donors (Lipinski definition) is 1. The maximum atomic E-state index is 12.4. The SMILES string of the molecule is CCOC(=O)c1ccc(NC(=O)COC(=O)[C@H]2CC(=O)N(c3ccc(OCC)cc3)C2)cc1. The number of hydrogen-bond acceptors (Lipinski definition) is 7. The van der Waals surface area contributed by atoms with Gasteiger partial charge in [-0.1, -0.05) is 0 Å². The number of anilines is 2. The first-order valence-corrected chi connectivity index (χ1v) is 10.7. The molecule has 1 fully saturated rings. The Labute approximate surface area is 191 Å². The minimum absolute atomic E-state index is 0.0169. The summed E-state index contributed by atoms with van der Waals surface area (Å²) in [5.74, 6) is -1.72. The van der Waals surface area contributed by atoms with Gasteiger partial charge in [0.1, 0.15) is 5.75 Å². The van der Waals surface area contributed by atoms with Crippen LogP contribution in [0.25, 0.3) is 0 Å². The normalized spacial score (nSPS) is 15.2. The van der Waals surface area contributed by atoms with Crippen LogP contribution in [-0.2, 0) is 23.9 Å². The number of nitrogens with zero attached hydrogens (tertiary/aromatic N) is 1. The molecule has 1 aliphatic heterocycles. The molecule has 1 saturated heterocycles. The predicted octanol–water partition coefficient (Wildman–Crippen LogP) is 2.80. The molecule has 1 atom stereocenters. The van der Waals surface area contributed by atoms with Gasteiger partial charge in [0, 0.05) is 24.3 Å². The summed E-state index contributed by atoms with van der Waals surface area (Å²) in [4.78, 5) is 50.1. The second-order valence-electron chi connectivity index (χ2n) is 7.29. The average molecular weight is 454 g/mol. The highest BCUT2D eigenvalue weighted by atomic mass is 16.5. The van der Waals surface area contributed by atoms with Crippen molar-refractivity contribution in [2.45, 2.75) is 20.3 Å². The lowest BCUT2D eigenvalue weighted by atomic mass is 10.1. The molecule has 3 rings (SSSR count). The summed E-state index contributed by atoms with van der Waals surface area (Å²) in [6, 6.07) is 13.2. The zero-order valence-electron chi connectivity index (χ0n) is 18.5. The van der Waals surface area contributed by atoms with E-state index in [1.807, 2.05) is 6.92 Å². The molecule has 0 radical (unpaired) electrons. The zero-order valence-corrected chi connectivity index (χ0v) is 18.5. The maximum absolute atomic E-state index is 12.4. The van der Waals surface area contributed by atoms with E-state index >= 15 is 0 Å². The van der Waals surface area contributed by atoms with E-state index in [1.54, 1.807) is 43.3 Å². The molecule has 9 nitrogen and oxygen atoms in total. The van der Waals surface area contributed by atoms with Crippen molar-refractivity contribution in [3.05, 3.63) is 54.1 Å². The molecule has 0 unspecified atom stereocenters. The first-order valence-electron chi connectivity index (χ1n) is 10.7. The lowest BCUT2D eigenvalue weighted by Gasteiger charge is -2.17. The van der Waals surface area contributed by atoms with E-state index in [4.69, 9.17) is 14.2 Å². The van der Waals surface area contributed by atoms with Gasteiger partial charge in [-0.2, -0.15) is 0 Å². The van der Waals surface area contributed by atoms with E-state index in [-0.39, 0.29) is 25.5 Å². The van der Waals surface area contributed by atoms with Crippen molar-refractivity contribution in [2.75, 3.05) is 36.6 Å². The van der Waals surface area contributed by atoms with Crippen LogP contribution in [0.1, 0.15) is 30.6 Å². The van der Waals surface area contributed by atoms with Crippen molar-refractivity contribution in [3.63, 3.8) is 0 Å². The largest absolute Gasteiger partial charge is 0.494 e. The summed E-state index contributed by atoms with van der Waals surface area (Å²) in [5, 5.41) is 2.59. The number of amides is 2. The molecule has 1 aliphatic rings. The summed E-state index contributed by atoms with van der Waals surface area (Å²) in [5.41, 5.74) is 1.48. The van der Waals surface area contributed by atoms with E-state index in [1.165, 1.54) is 17.0 Å². The number of ether oxygens (including phenoxy) is 3. The molecule has 2 amide bonds. The summed E-state index contributed by atoms with van der Waals surface area (Å²) < 4.78 is 15.4. The van der Waals surface area contributed by atoms with Crippen molar-refractivity contribution < 1.29 is 33.4 Å². The van der Waals surface area contributed by atoms with Gasteiger partial charge < -0.3 is 24.4 Å². The molecule has 0 bridgehead atoms. The second kappa shape index (κ2) is 11.1. The van der Waals surface area contributed by atoms with Gasteiger partial charge in [0.15, 0.2) is 6.61 Å². The smallest absolute Gasteiger partial charge is 0.338 e. The van der Waals surface area contributed by atoms with Crippen molar-refractivity contribution in [2.24, 2.45) is 5.92 Å². The van der Waals surface area contributed by atoms with E-state index in [0.717, 1.165) is 0 Å². The Balaban J connectivity index is 1.47. The number of benzene rings is 2. The molecule has 174 valence electrons. The van der Waals surface area contributed by atoms with Crippen LogP contribution >= 0.6 is 0 Å². The van der Waals surface area contributed by atoms with E-state index in [2.05, 4.69) is 5.32 Å². The Hall–Kier alpha value is -3.88.